The first kappa shape index (κ1) is 16.5. The third-order valence-corrected chi connectivity index (χ3v) is 4.24. The van der Waals surface area contributed by atoms with Gasteiger partial charge in [-0.05, 0) is 37.3 Å². The van der Waals surface area contributed by atoms with E-state index in [1.165, 1.54) is 37.5 Å². The van der Waals surface area contributed by atoms with E-state index in [1.807, 2.05) is 0 Å². The summed E-state index contributed by atoms with van der Waals surface area (Å²) in [5.41, 5.74) is 5.97. The van der Waals surface area contributed by atoms with Crippen molar-refractivity contribution in [3.05, 3.63) is 35.4 Å². The number of halogens is 3. The van der Waals surface area contributed by atoms with E-state index < -0.39 is 11.6 Å². The molecule has 0 saturated heterocycles. The minimum atomic E-state index is -0.482. The predicted octanol–water partition coefficient (Wildman–Crippen LogP) is 3.14. The quantitative estimate of drug-likeness (QED) is 0.458. The van der Waals surface area contributed by atoms with Crippen molar-refractivity contribution in [2.75, 3.05) is 6.54 Å². The van der Waals surface area contributed by atoms with E-state index in [2.05, 4.69) is 10.3 Å². The normalized spacial score (nSPS) is 25.0. The molecule has 2 unspecified atom stereocenters. The van der Waals surface area contributed by atoms with Crippen molar-refractivity contribution >= 4 is 29.9 Å². The molecule has 2 atom stereocenters. The summed E-state index contributed by atoms with van der Waals surface area (Å²) in [4.78, 5) is 4.30. The van der Waals surface area contributed by atoms with Crippen molar-refractivity contribution in [3.8, 4) is 0 Å². The zero-order valence-electron chi connectivity index (χ0n) is 11.7. The molecule has 21 heavy (non-hydrogen) atoms. The minimum absolute atomic E-state index is 0. The number of nitrogens with one attached hydrogen (secondary N) is 1. The molecule has 116 valence electrons. The maximum absolute atomic E-state index is 13.6. The van der Waals surface area contributed by atoms with Crippen LogP contribution in [0.1, 0.15) is 37.2 Å². The van der Waals surface area contributed by atoms with Crippen LogP contribution in [0, 0.1) is 17.6 Å². The molecule has 6 heteroatoms. The largest absolute Gasteiger partial charge is 0.370 e. The van der Waals surface area contributed by atoms with Gasteiger partial charge in [0.25, 0.3) is 0 Å². The first-order valence-corrected chi connectivity index (χ1v) is 7.15. The summed E-state index contributed by atoms with van der Waals surface area (Å²) in [5, 5.41) is 3.05. The van der Waals surface area contributed by atoms with E-state index in [1.54, 1.807) is 0 Å². The van der Waals surface area contributed by atoms with E-state index in [4.69, 9.17) is 5.73 Å². The maximum Gasteiger partial charge on any atom is 0.188 e. The number of hydrogen-bond acceptors (Lipinski definition) is 1. The molecule has 3 rings (SSSR count). The van der Waals surface area contributed by atoms with E-state index in [0.29, 0.717) is 18.3 Å². The van der Waals surface area contributed by atoms with E-state index in [0.717, 1.165) is 6.54 Å². The lowest BCUT2D eigenvalue weighted by Crippen LogP contribution is -2.35. The molecule has 3 nitrogen and oxygen atoms in total. The van der Waals surface area contributed by atoms with Gasteiger partial charge in [-0.15, -0.1) is 24.0 Å². The van der Waals surface area contributed by atoms with Gasteiger partial charge in [-0.3, -0.25) is 4.99 Å². The smallest absolute Gasteiger partial charge is 0.188 e. The number of nitrogens with zero attached hydrogens (tertiary/aromatic N) is 1. The summed E-state index contributed by atoms with van der Waals surface area (Å²) < 4.78 is 27.3. The molecule has 0 spiro atoms. The first-order chi connectivity index (χ1) is 9.65. The second-order valence-electron chi connectivity index (χ2n) is 5.75. The molecule has 0 amide bonds. The standard InChI is InChI=1S/C15H19F2N3.HI/c16-11-5-2-6-12(17)14(11)10-7-13(10)20-15(18)19-8-9-3-1-4-9;/h2,5-6,9-10,13H,1,3-4,7-8H2,(H3,18,19,20);1H. The van der Waals surface area contributed by atoms with Gasteiger partial charge >= 0.3 is 0 Å². The summed E-state index contributed by atoms with van der Waals surface area (Å²) in [7, 11) is 0. The Bertz CT molecular complexity index is 511. The third kappa shape index (κ3) is 3.84. The average molecular weight is 407 g/mol. The molecule has 2 aliphatic carbocycles. The van der Waals surface area contributed by atoms with Gasteiger partial charge < -0.3 is 11.1 Å². The van der Waals surface area contributed by atoms with Gasteiger partial charge in [0.1, 0.15) is 11.6 Å². The lowest BCUT2D eigenvalue weighted by atomic mass is 9.86. The monoisotopic (exact) mass is 407 g/mol. The molecule has 2 saturated carbocycles. The van der Waals surface area contributed by atoms with Crippen molar-refractivity contribution in [2.24, 2.45) is 16.6 Å². The number of nitrogens with two attached hydrogens (primary N) is 1. The fourth-order valence-electron chi connectivity index (χ4n) is 2.68. The molecule has 0 heterocycles. The van der Waals surface area contributed by atoms with Crippen LogP contribution in [0.25, 0.3) is 0 Å². The fraction of sp³-hybridized carbons (Fsp3) is 0.533. The van der Waals surface area contributed by atoms with Crippen LogP contribution in [-0.4, -0.2) is 18.5 Å². The first-order valence-electron chi connectivity index (χ1n) is 7.15. The zero-order chi connectivity index (χ0) is 14.1. The molecular weight excluding hydrogens is 387 g/mol. The summed E-state index contributed by atoms with van der Waals surface area (Å²) >= 11 is 0. The minimum Gasteiger partial charge on any atom is -0.370 e. The number of hydrogen-bond donors (Lipinski definition) is 2. The van der Waals surface area contributed by atoms with Gasteiger partial charge in [0.15, 0.2) is 5.96 Å². The molecule has 1 aromatic rings. The van der Waals surface area contributed by atoms with Crippen LogP contribution in [0.2, 0.25) is 0 Å². The summed E-state index contributed by atoms with van der Waals surface area (Å²) in [5.74, 6) is -0.0577. The van der Waals surface area contributed by atoms with E-state index in [9.17, 15) is 8.78 Å². The summed E-state index contributed by atoms with van der Waals surface area (Å²) in [6, 6.07) is 3.96. The Morgan fingerprint density at radius 2 is 1.95 bits per heavy atom. The van der Waals surface area contributed by atoms with E-state index >= 15 is 0 Å². The van der Waals surface area contributed by atoms with Crippen LogP contribution in [0.3, 0.4) is 0 Å². The highest BCUT2D eigenvalue weighted by atomic mass is 127. The fourth-order valence-corrected chi connectivity index (χ4v) is 2.68. The Morgan fingerprint density at radius 3 is 2.52 bits per heavy atom. The lowest BCUT2D eigenvalue weighted by molar-refractivity contribution is 0.326. The molecule has 0 aliphatic heterocycles. The van der Waals surface area contributed by atoms with Gasteiger partial charge in [0.2, 0.25) is 0 Å². The average Bonchev–Trinajstić information content (AvgIpc) is 3.05. The van der Waals surface area contributed by atoms with E-state index in [-0.39, 0.29) is 41.5 Å². The molecule has 0 bridgehead atoms. The van der Waals surface area contributed by atoms with Gasteiger partial charge in [0.05, 0.1) is 0 Å². The topological polar surface area (TPSA) is 50.4 Å². The van der Waals surface area contributed by atoms with Crippen molar-refractivity contribution in [1.29, 1.82) is 0 Å². The molecule has 2 aliphatic rings. The van der Waals surface area contributed by atoms with Crippen LogP contribution in [0.15, 0.2) is 23.2 Å². The number of benzene rings is 1. The second-order valence-corrected chi connectivity index (χ2v) is 5.75. The Balaban J connectivity index is 0.00000161. The lowest BCUT2D eigenvalue weighted by Gasteiger charge is -2.23. The highest BCUT2D eigenvalue weighted by Gasteiger charge is 2.42. The molecule has 0 aromatic heterocycles. The molecular formula is C15H20F2IN3. The second kappa shape index (κ2) is 6.89. The maximum atomic E-state index is 13.6. The van der Waals surface area contributed by atoms with Crippen LogP contribution in [0.4, 0.5) is 8.78 Å². The van der Waals surface area contributed by atoms with Crippen molar-refractivity contribution in [2.45, 2.75) is 37.6 Å². The number of aliphatic imine (C=N–C) groups is 1. The predicted molar refractivity (Wildman–Crippen MR) is 89.9 cm³/mol. The van der Waals surface area contributed by atoms with Gasteiger partial charge in [-0.2, -0.15) is 0 Å². The Hall–Kier alpha value is -0.920. The van der Waals surface area contributed by atoms with Crippen LogP contribution in [0.5, 0.6) is 0 Å². The highest BCUT2D eigenvalue weighted by molar-refractivity contribution is 14.0. The molecule has 0 radical (unpaired) electrons. The van der Waals surface area contributed by atoms with Crippen molar-refractivity contribution in [1.82, 2.24) is 5.32 Å². The molecule has 3 N–H and O–H groups in total. The van der Waals surface area contributed by atoms with Crippen LogP contribution < -0.4 is 11.1 Å². The van der Waals surface area contributed by atoms with Crippen LogP contribution >= 0.6 is 24.0 Å². The molecule has 2 fully saturated rings. The van der Waals surface area contributed by atoms with Crippen molar-refractivity contribution in [3.63, 3.8) is 0 Å². The Labute approximate surface area is 140 Å². The van der Waals surface area contributed by atoms with Gasteiger partial charge in [0, 0.05) is 24.1 Å². The molecule has 1 aromatic carbocycles. The zero-order valence-corrected chi connectivity index (χ0v) is 14.0. The summed E-state index contributed by atoms with van der Waals surface area (Å²) in [6.45, 7) is 0.754. The highest BCUT2D eigenvalue weighted by Crippen LogP contribution is 2.42. The number of guanidine groups is 1. The van der Waals surface area contributed by atoms with Crippen LogP contribution in [-0.2, 0) is 0 Å². The summed E-state index contributed by atoms with van der Waals surface area (Å²) in [6.07, 6.45) is 4.43. The Morgan fingerprint density at radius 1 is 1.29 bits per heavy atom. The number of rotatable bonds is 4. The Kier molecular flexibility index (Phi) is 5.40. The third-order valence-electron chi connectivity index (χ3n) is 4.24. The van der Waals surface area contributed by atoms with Gasteiger partial charge in [-0.25, -0.2) is 8.78 Å². The van der Waals surface area contributed by atoms with Crippen molar-refractivity contribution < 1.29 is 8.78 Å². The van der Waals surface area contributed by atoms with Gasteiger partial charge in [-0.1, -0.05) is 12.5 Å². The SMILES string of the molecule is I.NC(=NCC1CCC1)NC1CC1c1c(F)cccc1F.